The van der Waals surface area contributed by atoms with Gasteiger partial charge in [-0.25, -0.2) is 9.59 Å². The monoisotopic (exact) mass is 407 g/mol. The second-order valence-corrected chi connectivity index (χ2v) is 6.51. The first-order valence-corrected chi connectivity index (χ1v) is 9.29. The first-order chi connectivity index (χ1) is 14.4. The van der Waals surface area contributed by atoms with Gasteiger partial charge < -0.3 is 14.6 Å². The quantitative estimate of drug-likeness (QED) is 0.580. The topological polar surface area (TPSA) is 93.1 Å². The van der Waals surface area contributed by atoms with Gasteiger partial charge in [-0.2, -0.15) is 0 Å². The Morgan fingerprint density at radius 3 is 2.43 bits per heavy atom. The van der Waals surface area contributed by atoms with E-state index in [4.69, 9.17) is 14.6 Å². The van der Waals surface area contributed by atoms with Gasteiger partial charge in [0.15, 0.2) is 0 Å². The van der Waals surface area contributed by atoms with E-state index in [1.54, 1.807) is 56.3 Å². The minimum atomic E-state index is -1.04. The van der Waals surface area contributed by atoms with Gasteiger partial charge in [0.05, 0.1) is 36.1 Å². The molecule has 1 heterocycles. The zero-order valence-corrected chi connectivity index (χ0v) is 16.8. The smallest absolute Gasteiger partial charge is 0.340 e. The Hall–Kier alpha value is -3.87. The van der Waals surface area contributed by atoms with Crippen LogP contribution in [0.5, 0.6) is 5.75 Å². The number of esters is 1. The summed E-state index contributed by atoms with van der Waals surface area (Å²) in [6.07, 6.45) is 1.56. The molecule has 7 nitrogen and oxygen atoms in total. The van der Waals surface area contributed by atoms with Crippen LogP contribution >= 0.6 is 0 Å². The molecule has 0 saturated heterocycles. The van der Waals surface area contributed by atoms with Crippen LogP contribution in [0.4, 0.5) is 5.69 Å². The maximum atomic E-state index is 13.3. The Balaban J connectivity index is 2.10. The van der Waals surface area contributed by atoms with Gasteiger partial charge in [0.1, 0.15) is 5.75 Å². The predicted molar refractivity (Wildman–Crippen MR) is 111 cm³/mol. The van der Waals surface area contributed by atoms with Gasteiger partial charge in [0, 0.05) is 11.8 Å². The molecule has 7 heteroatoms. The average molecular weight is 407 g/mol. The molecule has 0 atom stereocenters. The van der Waals surface area contributed by atoms with Crippen molar-refractivity contribution in [3.63, 3.8) is 0 Å². The summed E-state index contributed by atoms with van der Waals surface area (Å²) in [5.74, 6) is -1.45. The summed E-state index contributed by atoms with van der Waals surface area (Å²) < 4.78 is 10.4. The Kier molecular flexibility index (Phi) is 6.01. The number of allylic oxidation sites excluding steroid dienone is 1. The van der Waals surface area contributed by atoms with E-state index in [0.717, 1.165) is 0 Å². The van der Waals surface area contributed by atoms with Crippen LogP contribution < -0.4 is 9.64 Å². The van der Waals surface area contributed by atoms with Crippen molar-refractivity contribution in [1.29, 1.82) is 0 Å². The molecule has 1 amide bonds. The number of carbonyl (C=O) groups is 3. The van der Waals surface area contributed by atoms with Crippen LogP contribution in [-0.4, -0.2) is 36.7 Å². The number of ether oxygens (including phenoxy) is 2. The van der Waals surface area contributed by atoms with E-state index in [-0.39, 0.29) is 29.2 Å². The largest absolute Gasteiger partial charge is 0.497 e. The number of hydrogen-bond donors (Lipinski definition) is 1. The fraction of sp³-hybridized carbons (Fsp3) is 0.174. The summed E-state index contributed by atoms with van der Waals surface area (Å²) in [4.78, 5) is 38.4. The predicted octanol–water partition coefficient (Wildman–Crippen LogP) is 3.66. The normalized spacial score (nSPS) is 15.0. The zero-order valence-electron chi connectivity index (χ0n) is 16.8. The molecular weight excluding hydrogens is 386 g/mol. The summed E-state index contributed by atoms with van der Waals surface area (Å²) in [5, 5.41) is 9.06. The lowest BCUT2D eigenvalue weighted by Gasteiger charge is -2.18. The van der Waals surface area contributed by atoms with E-state index in [9.17, 15) is 14.4 Å². The first-order valence-electron chi connectivity index (χ1n) is 9.29. The summed E-state index contributed by atoms with van der Waals surface area (Å²) >= 11 is 0. The highest BCUT2D eigenvalue weighted by Gasteiger charge is 2.38. The number of anilines is 1. The highest BCUT2D eigenvalue weighted by molar-refractivity contribution is 6.23. The third-order valence-corrected chi connectivity index (χ3v) is 4.66. The van der Waals surface area contributed by atoms with Gasteiger partial charge in [-0.1, -0.05) is 18.2 Å². The highest BCUT2D eigenvalue weighted by atomic mass is 16.5. The molecule has 0 radical (unpaired) electrons. The van der Waals surface area contributed by atoms with Gasteiger partial charge >= 0.3 is 11.9 Å². The molecular formula is C23H21NO6. The van der Waals surface area contributed by atoms with Crippen molar-refractivity contribution < 1.29 is 29.0 Å². The Labute approximate surface area is 173 Å². The van der Waals surface area contributed by atoms with E-state index >= 15 is 0 Å². The van der Waals surface area contributed by atoms with E-state index in [1.807, 2.05) is 0 Å². The van der Waals surface area contributed by atoms with Gasteiger partial charge in [0.25, 0.3) is 5.91 Å². The summed E-state index contributed by atoms with van der Waals surface area (Å²) in [7, 11) is 1.53. The fourth-order valence-electron chi connectivity index (χ4n) is 3.23. The number of carboxylic acid groups (broad SMARTS) is 1. The number of methoxy groups -OCH3 is 1. The Morgan fingerprint density at radius 1 is 1.13 bits per heavy atom. The number of nitrogens with zero attached hydrogens (tertiary/aromatic N) is 1. The molecule has 30 heavy (non-hydrogen) atoms. The molecule has 2 aromatic rings. The molecule has 154 valence electrons. The molecule has 0 aromatic heterocycles. The molecule has 0 spiro atoms. The van der Waals surface area contributed by atoms with Crippen molar-refractivity contribution in [3.8, 4) is 5.75 Å². The van der Waals surface area contributed by atoms with Crippen LogP contribution in [0.3, 0.4) is 0 Å². The molecule has 0 bridgehead atoms. The molecule has 0 unspecified atom stereocenters. The summed E-state index contributed by atoms with van der Waals surface area (Å²) in [6.45, 7) is 3.54. The van der Waals surface area contributed by atoms with Crippen molar-refractivity contribution in [2.24, 2.45) is 0 Å². The van der Waals surface area contributed by atoms with Crippen molar-refractivity contribution in [2.45, 2.75) is 13.8 Å². The van der Waals surface area contributed by atoms with E-state index in [1.165, 1.54) is 24.1 Å². The second kappa shape index (κ2) is 8.65. The molecule has 1 aliphatic heterocycles. The van der Waals surface area contributed by atoms with Crippen molar-refractivity contribution in [1.82, 2.24) is 0 Å². The van der Waals surface area contributed by atoms with Crippen LogP contribution in [0.2, 0.25) is 0 Å². The van der Waals surface area contributed by atoms with Crippen molar-refractivity contribution in [2.75, 3.05) is 18.6 Å². The molecule has 3 rings (SSSR count). The number of carbonyl (C=O) groups excluding carboxylic acids is 2. The van der Waals surface area contributed by atoms with E-state index in [0.29, 0.717) is 22.7 Å². The zero-order chi connectivity index (χ0) is 21.8. The minimum absolute atomic E-state index is 0.130. The lowest BCUT2D eigenvalue weighted by Crippen LogP contribution is -2.24. The average Bonchev–Trinajstić information content (AvgIpc) is 2.98. The van der Waals surface area contributed by atoms with Gasteiger partial charge in [-0.05, 0) is 49.8 Å². The molecule has 0 fully saturated rings. The standard InChI is InChI=1S/C23H21NO6/c1-4-30-23(28)20-14(2)24(17-6-5-7-18(13-17)29-3)21(25)19(20)12-15-8-10-16(11-9-15)22(26)27/h5-13H,4H2,1-3H3,(H,26,27)/b19-12-. The van der Waals surface area contributed by atoms with Crippen LogP contribution in [-0.2, 0) is 14.3 Å². The maximum Gasteiger partial charge on any atom is 0.340 e. The number of amides is 1. The Morgan fingerprint density at radius 2 is 1.83 bits per heavy atom. The molecule has 2 aromatic carbocycles. The van der Waals surface area contributed by atoms with Gasteiger partial charge in [-0.3, -0.25) is 9.69 Å². The number of carboxylic acids is 1. The number of aromatic carboxylic acids is 1. The van der Waals surface area contributed by atoms with E-state index in [2.05, 4.69) is 0 Å². The minimum Gasteiger partial charge on any atom is -0.497 e. The molecule has 1 N–H and O–H groups in total. The SMILES string of the molecule is CCOC(=O)C1=C(C)N(c2cccc(OC)c2)C(=O)/C1=C\c1ccc(C(=O)O)cc1. The van der Waals surface area contributed by atoms with Gasteiger partial charge in [0.2, 0.25) is 0 Å². The van der Waals surface area contributed by atoms with Crippen molar-refractivity contribution in [3.05, 3.63) is 76.5 Å². The number of benzene rings is 2. The lowest BCUT2D eigenvalue weighted by atomic mass is 10.0. The molecule has 1 aliphatic rings. The van der Waals surface area contributed by atoms with Crippen LogP contribution in [0.15, 0.2) is 65.4 Å². The van der Waals surface area contributed by atoms with Crippen molar-refractivity contribution >= 4 is 29.6 Å². The first kappa shape index (κ1) is 20.9. The molecule has 0 aliphatic carbocycles. The lowest BCUT2D eigenvalue weighted by molar-refractivity contribution is -0.138. The summed E-state index contributed by atoms with van der Waals surface area (Å²) in [6, 6.07) is 13.0. The molecule has 0 saturated carbocycles. The van der Waals surface area contributed by atoms with Crippen LogP contribution in [0, 0.1) is 0 Å². The fourth-order valence-corrected chi connectivity index (χ4v) is 3.23. The maximum absolute atomic E-state index is 13.3. The van der Waals surface area contributed by atoms with Crippen LogP contribution in [0.1, 0.15) is 29.8 Å². The second-order valence-electron chi connectivity index (χ2n) is 6.51. The summed E-state index contributed by atoms with van der Waals surface area (Å²) in [5.41, 5.74) is 2.07. The van der Waals surface area contributed by atoms with Crippen LogP contribution in [0.25, 0.3) is 6.08 Å². The number of rotatable bonds is 6. The highest BCUT2D eigenvalue weighted by Crippen LogP contribution is 2.36. The third-order valence-electron chi connectivity index (χ3n) is 4.66. The van der Waals surface area contributed by atoms with Gasteiger partial charge in [-0.15, -0.1) is 0 Å². The van der Waals surface area contributed by atoms with E-state index < -0.39 is 11.9 Å². The third kappa shape index (κ3) is 3.96. The Bertz CT molecular complexity index is 1070. The number of hydrogen-bond acceptors (Lipinski definition) is 5.